The molecule has 2 aliphatic rings. The number of fused-ring (bicyclic) bond motifs is 1. The second-order valence-electron chi connectivity index (χ2n) is 9.56. The topological polar surface area (TPSA) is 46.5 Å². The van der Waals surface area contributed by atoms with Crippen LogP contribution < -0.4 is 0 Å². The van der Waals surface area contributed by atoms with Gasteiger partial charge in [-0.15, -0.1) is 0 Å². The molecule has 0 amide bonds. The maximum absolute atomic E-state index is 12.9. The Bertz CT molecular complexity index is 747. The molecule has 3 heteroatoms. The number of aryl methyl sites for hydroxylation is 1. The van der Waals surface area contributed by atoms with E-state index in [1.165, 1.54) is 5.57 Å². The van der Waals surface area contributed by atoms with Gasteiger partial charge in [0.05, 0.1) is 11.2 Å². The fourth-order valence-corrected chi connectivity index (χ4v) is 5.40. The van der Waals surface area contributed by atoms with Gasteiger partial charge in [0.15, 0.2) is 0 Å². The second-order valence-corrected chi connectivity index (χ2v) is 9.56. The Kier molecular flexibility index (Phi) is 5.05. The lowest BCUT2D eigenvalue weighted by atomic mass is 9.56. The minimum Gasteiger partial charge on any atom is -0.458 e. The zero-order chi connectivity index (χ0) is 20.0. The maximum Gasteiger partial charge on any atom is 0.338 e. The molecule has 0 bridgehead atoms. The fraction of sp³-hybridized carbons (Fsp3) is 0.625. The van der Waals surface area contributed by atoms with Crippen LogP contribution in [0.15, 0.2) is 35.9 Å². The Labute approximate surface area is 163 Å². The summed E-state index contributed by atoms with van der Waals surface area (Å²) in [6.45, 7) is 12.7. The van der Waals surface area contributed by atoms with E-state index in [9.17, 15) is 9.90 Å². The fourth-order valence-electron chi connectivity index (χ4n) is 5.40. The van der Waals surface area contributed by atoms with Gasteiger partial charge < -0.3 is 9.84 Å². The predicted octanol–water partition coefficient (Wildman–Crippen LogP) is 5.45. The number of carbonyl (C=O) groups is 1. The summed E-state index contributed by atoms with van der Waals surface area (Å²) in [7, 11) is 0. The molecule has 0 saturated heterocycles. The van der Waals surface area contributed by atoms with Crippen molar-refractivity contribution in [1.29, 1.82) is 0 Å². The van der Waals surface area contributed by atoms with Crippen LogP contribution in [0, 0.1) is 23.7 Å². The molecular formula is C24H34O3. The van der Waals surface area contributed by atoms with Crippen LogP contribution in [0.5, 0.6) is 0 Å². The van der Waals surface area contributed by atoms with Gasteiger partial charge in [-0.1, -0.05) is 57.0 Å². The molecule has 1 aromatic rings. The summed E-state index contributed by atoms with van der Waals surface area (Å²) in [5.41, 5.74) is 1.48. The summed E-state index contributed by atoms with van der Waals surface area (Å²) in [4.78, 5) is 12.9. The highest BCUT2D eigenvalue weighted by Gasteiger charge is 2.67. The van der Waals surface area contributed by atoms with Gasteiger partial charge in [-0.2, -0.15) is 0 Å². The Hall–Kier alpha value is -1.61. The van der Waals surface area contributed by atoms with Crippen LogP contribution in [0.25, 0.3) is 0 Å². The Morgan fingerprint density at radius 3 is 2.37 bits per heavy atom. The summed E-state index contributed by atoms with van der Waals surface area (Å²) in [5, 5.41) is 11.8. The Morgan fingerprint density at radius 1 is 1.15 bits per heavy atom. The number of esters is 1. The smallest absolute Gasteiger partial charge is 0.338 e. The third kappa shape index (κ3) is 3.04. The number of rotatable bonds is 3. The lowest BCUT2D eigenvalue weighted by Crippen LogP contribution is -2.59. The highest BCUT2D eigenvalue weighted by Crippen LogP contribution is 2.66. The second kappa shape index (κ2) is 6.77. The van der Waals surface area contributed by atoms with E-state index in [4.69, 9.17) is 4.74 Å². The van der Waals surface area contributed by atoms with E-state index in [-0.39, 0.29) is 23.4 Å². The van der Waals surface area contributed by atoms with Crippen molar-refractivity contribution in [3.63, 3.8) is 0 Å². The van der Waals surface area contributed by atoms with Crippen molar-refractivity contribution < 1.29 is 14.6 Å². The maximum atomic E-state index is 12.9. The van der Waals surface area contributed by atoms with Gasteiger partial charge >= 0.3 is 5.97 Å². The summed E-state index contributed by atoms with van der Waals surface area (Å²) < 4.78 is 6.16. The molecule has 3 nitrogen and oxygen atoms in total. The van der Waals surface area contributed by atoms with Crippen LogP contribution in [0.1, 0.15) is 76.2 Å². The van der Waals surface area contributed by atoms with Crippen molar-refractivity contribution in [2.75, 3.05) is 0 Å². The average Bonchev–Trinajstić information content (AvgIpc) is 2.77. The number of ether oxygens (including phenoxy) is 1. The first kappa shape index (κ1) is 20.1. The molecule has 2 aliphatic carbocycles. The Morgan fingerprint density at radius 2 is 1.78 bits per heavy atom. The lowest BCUT2D eigenvalue weighted by molar-refractivity contribution is -0.176. The van der Waals surface area contributed by atoms with Crippen molar-refractivity contribution in [2.24, 2.45) is 16.7 Å². The summed E-state index contributed by atoms with van der Waals surface area (Å²) in [5.74, 6) is -0.195. The van der Waals surface area contributed by atoms with Crippen molar-refractivity contribution in [3.05, 3.63) is 47.0 Å². The van der Waals surface area contributed by atoms with Gasteiger partial charge in [-0.3, -0.25) is 0 Å². The molecule has 148 valence electrons. The van der Waals surface area contributed by atoms with E-state index in [0.717, 1.165) is 24.8 Å². The number of hydrogen-bond acceptors (Lipinski definition) is 3. The number of aliphatic hydroxyl groups is 1. The minimum atomic E-state index is -0.849. The van der Waals surface area contributed by atoms with Crippen LogP contribution in [0.3, 0.4) is 0 Å². The molecule has 0 unspecified atom stereocenters. The molecule has 4 atom stereocenters. The summed E-state index contributed by atoms with van der Waals surface area (Å²) in [6, 6.07) is 7.51. The third-order valence-electron chi connectivity index (χ3n) is 7.76. The first-order valence-corrected chi connectivity index (χ1v) is 10.2. The molecule has 0 aliphatic heterocycles. The van der Waals surface area contributed by atoms with E-state index in [0.29, 0.717) is 12.0 Å². The summed E-state index contributed by atoms with van der Waals surface area (Å²) >= 11 is 0. The number of benzene rings is 1. The van der Waals surface area contributed by atoms with Crippen molar-refractivity contribution in [2.45, 2.75) is 78.9 Å². The first-order valence-electron chi connectivity index (χ1n) is 10.2. The molecule has 3 rings (SSSR count). The molecule has 1 saturated carbocycles. The lowest BCUT2D eigenvalue weighted by Gasteiger charge is -2.53. The highest BCUT2D eigenvalue weighted by molar-refractivity contribution is 5.89. The standard InChI is InChI=1S/C24H34O3/c1-16(2)24(26)14-13-22(5)12-11-18(4)15-20(23(22,24)6)27-21(25)19-9-7-17(3)8-10-19/h7-11,16,20,26H,12-15H2,1-6H3/t20-,22-,23+,24+/m0/s1. The largest absolute Gasteiger partial charge is 0.458 e. The van der Waals surface area contributed by atoms with Gasteiger partial charge in [-0.25, -0.2) is 4.79 Å². The van der Waals surface area contributed by atoms with Crippen molar-refractivity contribution in [1.82, 2.24) is 0 Å². The Balaban J connectivity index is 2.01. The van der Waals surface area contributed by atoms with Gasteiger partial charge in [0.25, 0.3) is 0 Å². The van der Waals surface area contributed by atoms with E-state index >= 15 is 0 Å². The quantitative estimate of drug-likeness (QED) is 0.568. The van der Waals surface area contributed by atoms with E-state index < -0.39 is 11.0 Å². The van der Waals surface area contributed by atoms with Crippen molar-refractivity contribution >= 4 is 5.97 Å². The molecule has 1 aromatic carbocycles. The van der Waals surface area contributed by atoms with Gasteiger partial charge in [-0.05, 0) is 56.6 Å². The molecule has 0 radical (unpaired) electrons. The molecule has 1 N–H and O–H groups in total. The van der Waals surface area contributed by atoms with E-state index in [1.54, 1.807) is 0 Å². The molecule has 0 spiro atoms. The van der Waals surface area contributed by atoms with Crippen LogP contribution in [-0.4, -0.2) is 22.8 Å². The predicted molar refractivity (Wildman–Crippen MR) is 109 cm³/mol. The van der Waals surface area contributed by atoms with Gasteiger partial charge in [0.2, 0.25) is 0 Å². The van der Waals surface area contributed by atoms with E-state index in [1.807, 2.05) is 31.2 Å². The normalized spacial score (nSPS) is 36.1. The SMILES string of the molecule is CC1=CC[C@@]2(C)CC[C@@](O)(C(C)C)[C@]2(C)[C@@H](OC(=O)c2ccc(C)cc2)C1. The molecule has 0 aromatic heterocycles. The zero-order valence-corrected chi connectivity index (χ0v) is 17.6. The monoisotopic (exact) mass is 370 g/mol. The summed E-state index contributed by atoms with van der Waals surface area (Å²) in [6.07, 6.45) is 5.24. The third-order valence-corrected chi connectivity index (χ3v) is 7.76. The first-order chi connectivity index (χ1) is 12.5. The van der Waals surface area contributed by atoms with Crippen LogP contribution in [-0.2, 0) is 4.74 Å². The molecule has 27 heavy (non-hydrogen) atoms. The number of hydrogen-bond donors (Lipinski definition) is 1. The minimum absolute atomic E-state index is 0.0952. The van der Waals surface area contributed by atoms with Crippen LogP contribution in [0.2, 0.25) is 0 Å². The van der Waals surface area contributed by atoms with E-state index in [2.05, 4.69) is 40.7 Å². The number of allylic oxidation sites excluding steroid dienone is 1. The number of carbonyl (C=O) groups excluding carboxylic acids is 1. The highest BCUT2D eigenvalue weighted by atomic mass is 16.5. The van der Waals surface area contributed by atoms with Crippen molar-refractivity contribution in [3.8, 4) is 0 Å². The molecule has 1 fully saturated rings. The van der Waals surface area contributed by atoms with Gasteiger partial charge in [0, 0.05) is 11.8 Å². The van der Waals surface area contributed by atoms with Crippen LogP contribution >= 0.6 is 0 Å². The van der Waals surface area contributed by atoms with Gasteiger partial charge in [0.1, 0.15) is 6.10 Å². The molecular weight excluding hydrogens is 336 g/mol. The average molecular weight is 371 g/mol. The van der Waals surface area contributed by atoms with Crippen LogP contribution in [0.4, 0.5) is 0 Å². The zero-order valence-electron chi connectivity index (χ0n) is 17.6. The molecule has 0 heterocycles.